The Hall–Kier alpha value is -1.40. The van der Waals surface area contributed by atoms with E-state index in [-0.39, 0.29) is 24.0 Å². The fourth-order valence-corrected chi connectivity index (χ4v) is 3.54. The van der Waals surface area contributed by atoms with Gasteiger partial charge in [0.05, 0.1) is 29.2 Å². The highest BCUT2D eigenvalue weighted by Crippen LogP contribution is 2.17. The van der Waals surface area contributed by atoms with E-state index in [0.29, 0.717) is 18.2 Å². The second-order valence-corrected chi connectivity index (χ2v) is 8.57. The Kier molecular flexibility index (Phi) is 10.0. The number of rotatable bonds is 8. The highest BCUT2D eigenvalue weighted by Gasteiger charge is 2.07. The van der Waals surface area contributed by atoms with E-state index in [9.17, 15) is 8.42 Å². The number of aliphatic imine (C=N–C) groups is 1. The maximum absolute atomic E-state index is 11.5. The largest absolute Gasteiger partial charge is 0.357 e. The lowest BCUT2D eigenvalue weighted by atomic mass is 10.2. The zero-order chi connectivity index (χ0) is 19.0. The first-order valence-corrected chi connectivity index (χ1v) is 11.1. The number of nitrogens with one attached hydrogen (secondary N) is 3. The number of thiazole rings is 1. The van der Waals surface area contributed by atoms with Crippen LogP contribution in [0, 0.1) is 6.92 Å². The Morgan fingerprint density at radius 2 is 2.00 bits per heavy atom. The average Bonchev–Trinajstić information content (AvgIpc) is 2.98. The van der Waals surface area contributed by atoms with Gasteiger partial charge < -0.3 is 10.6 Å². The van der Waals surface area contributed by atoms with Crippen LogP contribution in [-0.2, 0) is 23.0 Å². The van der Waals surface area contributed by atoms with Crippen molar-refractivity contribution in [1.82, 2.24) is 15.6 Å². The number of anilines is 1. The number of guanidine groups is 1. The fourth-order valence-electron chi connectivity index (χ4n) is 2.30. The van der Waals surface area contributed by atoms with E-state index in [1.165, 1.54) is 0 Å². The van der Waals surface area contributed by atoms with Crippen molar-refractivity contribution >= 4 is 57.0 Å². The van der Waals surface area contributed by atoms with Crippen LogP contribution in [0.1, 0.15) is 23.2 Å². The standard InChI is InChI=1S/C17H25N5O2S2.HI/c1-4-18-17(19-10-9-15-12-25-13(2)21-15)20-11-14-7-5-6-8-16(14)22-26(3,23)24;/h5-8,12,22H,4,9-11H2,1-3H3,(H2,18,19,20);1H. The average molecular weight is 523 g/mol. The Morgan fingerprint density at radius 3 is 2.63 bits per heavy atom. The molecule has 7 nitrogen and oxygen atoms in total. The van der Waals surface area contributed by atoms with Gasteiger partial charge in [-0.05, 0) is 25.5 Å². The molecule has 2 aromatic rings. The minimum atomic E-state index is -3.33. The van der Waals surface area contributed by atoms with Gasteiger partial charge in [0, 0.05) is 24.9 Å². The first-order chi connectivity index (χ1) is 12.4. The molecule has 0 aliphatic heterocycles. The van der Waals surface area contributed by atoms with Crippen molar-refractivity contribution in [3.63, 3.8) is 0 Å². The third-order valence-corrected chi connectivity index (χ3v) is 4.82. The third-order valence-electron chi connectivity index (χ3n) is 3.40. The van der Waals surface area contributed by atoms with Gasteiger partial charge in [-0.2, -0.15) is 0 Å². The molecular weight excluding hydrogens is 497 g/mol. The summed E-state index contributed by atoms with van der Waals surface area (Å²) in [6.45, 7) is 5.82. The van der Waals surface area contributed by atoms with Crippen molar-refractivity contribution in [2.24, 2.45) is 4.99 Å². The Balaban J connectivity index is 0.00000364. The summed E-state index contributed by atoms with van der Waals surface area (Å²) in [6.07, 6.45) is 1.96. The highest BCUT2D eigenvalue weighted by molar-refractivity contribution is 14.0. The van der Waals surface area contributed by atoms with Gasteiger partial charge in [-0.25, -0.2) is 18.4 Å². The summed E-state index contributed by atoms with van der Waals surface area (Å²) < 4.78 is 25.5. The molecule has 27 heavy (non-hydrogen) atoms. The number of hydrogen-bond donors (Lipinski definition) is 3. The van der Waals surface area contributed by atoms with Gasteiger partial charge in [-0.15, -0.1) is 35.3 Å². The minimum Gasteiger partial charge on any atom is -0.357 e. The van der Waals surface area contributed by atoms with Gasteiger partial charge in [0.25, 0.3) is 0 Å². The molecule has 10 heteroatoms. The molecule has 0 atom stereocenters. The molecule has 0 aliphatic rings. The number of nitrogens with zero attached hydrogens (tertiary/aromatic N) is 2. The highest BCUT2D eigenvalue weighted by atomic mass is 127. The molecule has 0 radical (unpaired) electrons. The normalized spacial score (nSPS) is 11.6. The van der Waals surface area contributed by atoms with E-state index in [0.717, 1.165) is 42.0 Å². The second-order valence-electron chi connectivity index (χ2n) is 5.76. The molecule has 0 saturated carbocycles. The first-order valence-electron chi connectivity index (χ1n) is 8.36. The predicted octanol–water partition coefficient (Wildman–Crippen LogP) is 2.74. The van der Waals surface area contributed by atoms with E-state index in [2.05, 4.69) is 30.7 Å². The molecule has 2 rings (SSSR count). The molecule has 0 fully saturated rings. The molecule has 1 heterocycles. The number of aryl methyl sites for hydroxylation is 1. The first kappa shape index (κ1) is 23.6. The summed E-state index contributed by atoms with van der Waals surface area (Å²) in [5.74, 6) is 0.689. The number of aromatic nitrogens is 1. The quantitative estimate of drug-likeness (QED) is 0.281. The van der Waals surface area contributed by atoms with Crippen LogP contribution >= 0.6 is 35.3 Å². The van der Waals surface area contributed by atoms with Gasteiger partial charge in [-0.3, -0.25) is 4.72 Å². The minimum absolute atomic E-state index is 0. The van der Waals surface area contributed by atoms with E-state index < -0.39 is 10.0 Å². The fraction of sp³-hybridized carbons (Fsp3) is 0.412. The third kappa shape index (κ3) is 8.89. The summed E-state index contributed by atoms with van der Waals surface area (Å²) in [6, 6.07) is 7.25. The van der Waals surface area contributed by atoms with Gasteiger partial charge in [-0.1, -0.05) is 18.2 Å². The van der Waals surface area contributed by atoms with Crippen molar-refractivity contribution in [2.45, 2.75) is 26.8 Å². The van der Waals surface area contributed by atoms with Crippen LogP contribution in [0.15, 0.2) is 34.6 Å². The van der Waals surface area contributed by atoms with Gasteiger partial charge in [0.1, 0.15) is 0 Å². The smallest absolute Gasteiger partial charge is 0.229 e. The molecular formula is C17H26IN5O2S2. The molecule has 3 N–H and O–H groups in total. The van der Waals surface area contributed by atoms with Crippen LogP contribution < -0.4 is 15.4 Å². The summed E-state index contributed by atoms with van der Waals surface area (Å²) in [7, 11) is -3.33. The van der Waals surface area contributed by atoms with Crippen LogP contribution in [0.2, 0.25) is 0 Å². The van der Waals surface area contributed by atoms with Crippen LogP contribution in [0.5, 0.6) is 0 Å². The van der Waals surface area contributed by atoms with Crippen LogP contribution in [0.3, 0.4) is 0 Å². The number of halogens is 1. The summed E-state index contributed by atoms with van der Waals surface area (Å²) >= 11 is 1.65. The number of hydrogen-bond acceptors (Lipinski definition) is 5. The lowest BCUT2D eigenvalue weighted by molar-refractivity contribution is 0.606. The second kappa shape index (κ2) is 11.4. The van der Waals surface area contributed by atoms with Crippen LogP contribution in [0.25, 0.3) is 0 Å². The Labute approximate surface area is 182 Å². The monoisotopic (exact) mass is 523 g/mol. The SMILES string of the molecule is CCNC(=NCc1ccccc1NS(C)(=O)=O)NCCc1csc(C)n1.I. The summed E-state index contributed by atoms with van der Waals surface area (Å²) in [4.78, 5) is 9.00. The van der Waals surface area contributed by atoms with Crippen molar-refractivity contribution in [3.05, 3.63) is 45.9 Å². The molecule has 0 aliphatic carbocycles. The van der Waals surface area contributed by atoms with Crippen LogP contribution in [0.4, 0.5) is 5.69 Å². The lowest BCUT2D eigenvalue weighted by Gasteiger charge is -2.12. The van der Waals surface area contributed by atoms with Crippen molar-refractivity contribution in [3.8, 4) is 0 Å². The van der Waals surface area contributed by atoms with Gasteiger partial charge in [0.15, 0.2) is 5.96 Å². The van der Waals surface area contributed by atoms with Crippen molar-refractivity contribution < 1.29 is 8.42 Å². The van der Waals surface area contributed by atoms with Crippen molar-refractivity contribution in [2.75, 3.05) is 24.1 Å². The van der Waals surface area contributed by atoms with E-state index >= 15 is 0 Å². The zero-order valence-corrected chi connectivity index (χ0v) is 19.6. The molecule has 0 bridgehead atoms. The molecule has 0 saturated heterocycles. The molecule has 1 aromatic heterocycles. The topological polar surface area (TPSA) is 95.5 Å². The Morgan fingerprint density at radius 1 is 1.26 bits per heavy atom. The van der Waals surface area contributed by atoms with E-state index in [1.54, 1.807) is 23.5 Å². The zero-order valence-electron chi connectivity index (χ0n) is 15.7. The lowest BCUT2D eigenvalue weighted by Crippen LogP contribution is -2.38. The Bertz CT molecular complexity index is 853. The molecule has 0 spiro atoms. The summed E-state index contributed by atoms with van der Waals surface area (Å²) in [5, 5.41) is 9.60. The van der Waals surface area contributed by atoms with Gasteiger partial charge >= 0.3 is 0 Å². The van der Waals surface area contributed by atoms with Gasteiger partial charge in [0.2, 0.25) is 10.0 Å². The van der Waals surface area contributed by atoms with E-state index in [1.807, 2.05) is 26.0 Å². The maximum atomic E-state index is 11.5. The van der Waals surface area contributed by atoms with E-state index in [4.69, 9.17) is 0 Å². The van der Waals surface area contributed by atoms with Crippen molar-refractivity contribution in [1.29, 1.82) is 0 Å². The maximum Gasteiger partial charge on any atom is 0.229 e. The molecule has 0 unspecified atom stereocenters. The molecule has 1 aromatic carbocycles. The number of para-hydroxylation sites is 1. The molecule has 0 amide bonds. The molecule has 150 valence electrons. The number of sulfonamides is 1. The predicted molar refractivity (Wildman–Crippen MR) is 124 cm³/mol. The number of benzene rings is 1. The summed E-state index contributed by atoms with van der Waals surface area (Å²) in [5.41, 5.74) is 2.43. The van der Waals surface area contributed by atoms with Crippen LogP contribution in [-0.4, -0.2) is 38.7 Å².